The van der Waals surface area contributed by atoms with Crippen molar-refractivity contribution < 1.29 is 5.11 Å². The number of hydrogen-bond donors (Lipinski definition) is 1. The molecule has 0 atom stereocenters. The van der Waals surface area contributed by atoms with Gasteiger partial charge in [0, 0.05) is 0 Å². The van der Waals surface area contributed by atoms with Gasteiger partial charge in [0.05, 0.1) is 0 Å². The predicted molar refractivity (Wildman–Crippen MR) is 74.2 cm³/mol. The molecule has 0 heterocycles. The summed E-state index contributed by atoms with van der Waals surface area (Å²) in [6.45, 7) is 6.45. The second-order valence-electron chi connectivity index (χ2n) is 4.74. The van der Waals surface area contributed by atoms with Gasteiger partial charge < -0.3 is 5.11 Å². The molecule has 0 amide bonds. The molecule has 1 rings (SSSR count). The average molecular weight is 230 g/mol. The quantitative estimate of drug-likeness (QED) is 0.731. The van der Waals surface area contributed by atoms with Gasteiger partial charge in [0.15, 0.2) is 0 Å². The van der Waals surface area contributed by atoms with Crippen LogP contribution in [0.15, 0.2) is 47.6 Å². The molecular weight excluding hydrogens is 208 g/mol. The minimum Gasteiger partial charge on any atom is -0.508 e. The first-order valence-corrected chi connectivity index (χ1v) is 6.15. The Morgan fingerprint density at radius 2 is 1.71 bits per heavy atom. The van der Waals surface area contributed by atoms with Crippen LogP contribution < -0.4 is 0 Å². The fourth-order valence-corrected chi connectivity index (χ4v) is 1.61. The largest absolute Gasteiger partial charge is 0.508 e. The molecule has 0 saturated carbocycles. The maximum absolute atomic E-state index is 9.18. The second-order valence-corrected chi connectivity index (χ2v) is 4.74. The molecule has 0 radical (unpaired) electrons. The van der Waals surface area contributed by atoms with E-state index >= 15 is 0 Å². The molecule has 0 fully saturated rings. The summed E-state index contributed by atoms with van der Waals surface area (Å²) in [4.78, 5) is 0. The molecule has 0 aliphatic heterocycles. The van der Waals surface area contributed by atoms with Gasteiger partial charge in [-0.1, -0.05) is 35.4 Å². The van der Waals surface area contributed by atoms with E-state index in [0.29, 0.717) is 5.75 Å². The highest BCUT2D eigenvalue weighted by Gasteiger charge is 1.93. The number of aromatic hydroxyl groups is 1. The zero-order valence-electron chi connectivity index (χ0n) is 11.0. The van der Waals surface area contributed by atoms with E-state index in [1.807, 2.05) is 12.1 Å². The zero-order chi connectivity index (χ0) is 12.7. The normalized spacial score (nSPS) is 11.4. The molecule has 92 valence electrons. The third-order valence-corrected chi connectivity index (χ3v) is 2.71. The molecule has 1 aromatic carbocycles. The van der Waals surface area contributed by atoms with Crippen LogP contribution in [0.1, 0.15) is 39.2 Å². The Kier molecular flexibility index (Phi) is 5.55. The first-order valence-electron chi connectivity index (χ1n) is 6.15. The first kappa shape index (κ1) is 13.6. The molecule has 0 unspecified atom stereocenters. The molecule has 1 heteroatoms. The van der Waals surface area contributed by atoms with Crippen LogP contribution in [0.2, 0.25) is 0 Å². The Hall–Kier alpha value is -1.50. The molecule has 0 spiro atoms. The van der Waals surface area contributed by atoms with Gasteiger partial charge in [0.1, 0.15) is 5.75 Å². The summed E-state index contributed by atoms with van der Waals surface area (Å²) in [6, 6.07) is 7.41. The molecule has 0 aliphatic carbocycles. The zero-order valence-corrected chi connectivity index (χ0v) is 11.0. The fraction of sp³-hybridized carbons (Fsp3) is 0.375. The topological polar surface area (TPSA) is 20.2 Å². The number of allylic oxidation sites excluding steroid dienone is 4. The van der Waals surface area contributed by atoms with Gasteiger partial charge in [-0.25, -0.2) is 0 Å². The number of hydrogen-bond acceptors (Lipinski definition) is 1. The highest BCUT2D eigenvalue weighted by Crippen LogP contribution is 2.12. The number of phenolic OH excluding ortho intramolecular Hbond substituents is 1. The number of benzene rings is 1. The van der Waals surface area contributed by atoms with E-state index in [4.69, 9.17) is 0 Å². The van der Waals surface area contributed by atoms with Gasteiger partial charge >= 0.3 is 0 Å². The van der Waals surface area contributed by atoms with Crippen LogP contribution in [0.25, 0.3) is 0 Å². The number of rotatable bonds is 5. The van der Waals surface area contributed by atoms with E-state index in [-0.39, 0.29) is 0 Å². The van der Waals surface area contributed by atoms with Crippen molar-refractivity contribution in [2.24, 2.45) is 0 Å². The molecule has 1 nitrogen and oxygen atoms in total. The van der Waals surface area contributed by atoms with Crippen molar-refractivity contribution in [2.75, 3.05) is 0 Å². The average Bonchev–Trinajstić information content (AvgIpc) is 2.28. The maximum atomic E-state index is 9.18. The third kappa shape index (κ3) is 5.96. The van der Waals surface area contributed by atoms with E-state index in [1.165, 1.54) is 16.7 Å². The van der Waals surface area contributed by atoms with Crippen LogP contribution >= 0.6 is 0 Å². The van der Waals surface area contributed by atoms with Crippen molar-refractivity contribution in [3.05, 3.63) is 53.1 Å². The Bertz CT molecular complexity index is 392. The molecule has 0 bridgehead atoms. The van der Waals surface area contributed by atoms with Crippen molar-refractivity contribution in [2.45, 2.75) is 40.0 Å². The van der Waals surface area contributed by atoms with E-state index in [1.54, 1.807) is 12.1 Å². The third-order valence-electron chi connectivity index (χ3n) is 2.71. The second kappa shape index (κ2) is 6.95. The van der Waals surface area contributed by atoms with Crippen LogP contribution in [0.3, 0.4) is 0 Å². The van der Waals surface area contributed by atoms with E-state index < -0.39 is 0 Å². The monoisotopic (exact) mass is 230 g/mol. The molecule has 0 aromatic heterocycles. The lowest BCUT2D eigenvalue weighted by Crippen LogP contribution is -1.83. The Morgan fingerprint density at radius 3 is 2.29 bits per heavy atom. The summed E-state index contributed by atoms with van der Waals surface area (Å²) in [5.41, 5.74) is 4.05. The molecule has 1 N–H and O–H groups in total. The Morgan fingerprint density at radius 1 is 1.06 bits per heavy atom. The Labute approximate surface area is 104 Å². The van der Waals surface area contributed by atoms with Crippen molar-refractivity contribution in [1.82, 2.24) is 0 Å². The summed E-state index contributed by atoms with van der Waals surface area (Å²) in [7, 11) is 0. The van der Waals surface area contributed by atoms with E-state index in [2.05, 4.69) is 32.9 Å². The summed E-state index contributed by atoms with van der Waals surface area (Å²) < 4.78 is 0. The molecular formula is C16H22O. The smallest absolute Gasteiger partial charge is 0.115 e. The lowest BCUT2D eigenvalue weighted by atomic mass is 10.1. The van der Waals surface area contributed by atoms with E-state index in [9.17, 15) is 5.11 Å². The summed E-state index contributed by atoms with van der Waals surface area (Å²) in [5, 5.41) is 9.18. The van der Waals surface area contributed by atoms with E-state index in [0.717, 1.165) is 19.3 Å². The van der Waals surface area contributed by atoms with Gasteiger partial charge in [0.2, 0.25) is 0 Å². The van der Waals surface area contributed by atoms with Gasteiger partial charge in [-0.05, 0) is 57.7 Å². The number of phenols is 1. The molecule has 17 heavy (non-hydrogen) atoms. The lowest BCUT2D eigenvalue weighted by molar-refractivity contribution is 0.475. The van der Waals surface area contributed by atoms with Crippen molar-refractivity contribution in [3.8, 4) is 5.75 Å². The standard InChI is InChI=1S/C16H22O/c1-13(2)5-4-6-14(3)7-8-15-9-11-16(17)12-10-15/h5,7,9-12,17H,4,6,8H2,1-3H3/b14-7-. The minimum atomic E-state index is 0.331. The first-order chi connectivity index (χ1) is 8.08. The van der Waals surface area contributed by atoms with Crippen LogP contribution in [0.4, 0.5) is 0 Å². The molecule has 0 saturated heterocycles. The Balaban J connectivity index is 2.42. The van der Waals surface area contributed by atoms with Crippen LogP contribution in [0.5, 0.6) is 5.75 Å². The highest BCUT2D eigenvalue weighted by atomic mass is 16.3. The fourth-order valence-electron chi connectivity index (χ4n) is 1.61. The van der Waals surface area contributed by atoms with Crippen LogP contribution in [0, 0.1) is 0 Å². The van der Waals surface area contributed by atoms with Gasteiger partial charge in [-0.15, -0.1) is 0 Å². The maximum Gasteiger partial charge on any atom is 0.115 e. The van der Waals surface area contributed by atoms with Gasteiger partial charge in [-0.3, -0.25) is 0 Å². The highest BCUT2D eigenvalue weighted by molar-refractivity contribution is 5.27. The van der Waals surface area contributed by atoms with Crippen molar-refractivity contribution >= 4 is 0 Å². The van der Waals surface area contributed by atoms with Crippen LogP contribution in [-0.4, -0.2) is 5.11 Å². The molecule has 0 aliphatic rings. The van der Waals surface area contributed by atoms with Gasteiger partial charge in [0.25, 0.3) is 0 Å². The predicted octanol–water partition coefficient (Wildman–Crippen LogP) is 4.63. The lowest BCUT2D eigenvalue weighted by Gasteiger charge is -2.01. The molecule has 1 aromatic rings. The van der Waals surface area contributed by atoms with Crippen molar-refractivity contribution in [3.63, 3.8) is 0 Å². The summed E-state index contributed by atoms with van der Waals surface area (Å²) in [6.07, 6.45) is 7.74. The summed E-state index contributed by atoms with van der Waals surface area (Å²) >= 11 is 0. The van der Waals surface area contributed by atoms with Crippen molar-refractivity contribution in [1.29, 1.82) is 0 Å². The van der Waals surface area contributed by atoms with Gasteiger partial charge in [-0.2, -0.15) is 0 Å². The minimum absolute atomic E-state index is 0.331. The van der Waals surface area contributed by atoms with Crippen LogP contribution in [-0.2, 0) is 6.42 Å². The SMILES string of the molecule is CC(C)=CCC/C(C)=C\Cc1ccc(O)cc1. The summed E-state index contributed by atoms with van der Waals surface area (Å²) in [5.74, 6) is 0.331.